The number of imide groups is 1. The lowest BCUT2D eigenvalue weighted by atomic mass is 10.2. The number of thioether (sulfide) groups is 1. The molecule has 0 saturated carbocycles. The number of nitrogens with zero attached hydrogens (tertiary/aromatic N) is 1. The zero-order valence-electron chi connectivity index (χ0n) is 13.4. The van der Waals surface area contributed by atoms with Crippen molar-refractivity contribution in [3.05, 3.63) is 11.4 Å². The van der Waals surface area contributed by atoms with E-state index < -0.39 is 0 Å². The zero-order valence-corrected chi connectivity index (χ0v) is 15.3. The fraction of sp³-hybridized carbons (Fsp3) is 0.643. The van der Waals surface area contributed by atoms with E-state index in [1.54, 1.807) is 11.8 Å². The van der Waals surface area contributed by atoms with Crippen LogP contribution in [0.1, 0.15) is 34.1 Å². The van der Waals surface area contributed by atoms with Gasteiger partial charge in [-0.15, -0.1) is 0 Å². The molecule has 1 N–H and O–H groups in total. The third-order valence-electron chi connectivity index (χ3n) is 2.86. The second kappa shape index (κ2) is 9.21. The minimum Gasteiger partial charge on any atom is -0.355 e. The molecule has 0 aliphatic carbocycles. The largest absolute Gasteiger partial charge is 0.355 e. The minimum absolute atomic E-state index is 0.0241. The summed E-state index contributed by atoms with van der Waals surface area (Å²) in [7, 11) is 2.22. The maximum Gasteiger partial charge on any atom is 0.260 e. The van der Waals surface area contributed by atoms with E-state index in [1.807, 2.05) is 34.0 Å². The molecule has 3 amide bonds. The molecule has 1 heterocycles. The van der Waals surface area contributed by atoms with Gasteiger partial charge in [-0.25, -0.2) is 0 Å². The molecule has 21 heavy (non-hydrogen) atoms. The molecule has 0 radical (unpaired) electrons. The van der Waals surface area contributed by atoms with Crippen molar-refractivity contribution < 1.29 is 14.4 Å². The van der Waals surface area contributed by atoms with E-state index in [-0.39, 0.29) is 35.4 Å². The highest BCUT2D eigenvalue weighted by Gasteiger charge is 2.28. The van der Waals surface area contributed by atoms with E-state index in [0.717, 1.165) is 4.90 Å². The normalized spacial score (nSPS) is 14.6. The highest BCUT2D eigenvalue weighted by atomic mass is 32.2. The predicted molar refractivity (Wildman–Crippen MR) is 91.1 cm³/mol. The third kappa shape index (κ3) is 6.62. The zero-order chi connectivity index (χ0) is 16.6. The molecule has 0 fully saturated rings. The molecule has 0 saturated heterocycles. The Morgan fingerprint density at radius 3 is 2.38 bits per heavy atom. The maximum absolute atomic E-state index is 11.7. The van der Waals surface area contributed by atoms with Crippen LogP contribution in [0.5, 0.6) is 0 Å². The monoisotopic (exact) mass is 332 g/mol. The molecule has 120 valence electrons. The van der Waals surface area contributed by atoms with Gasteiger partial charge in [-0.05, 0) is 20.1 Å². The van der Waals surface area contributed by atoms with E-state index in [1.165, 1.54) is 6.08 Å². The van der Waals surface area contributed by atoms with Gasteiger partial charge in [0.1, 0.15) is 0 Å². The summed E-state index contributed by atoms with van der Waals surface area (Å²) in [4.78, 5) is 35.8. The number of carbonyl (C=O) groups is 3. The van der Waals surface area contributed by atoms with Gasteiger partial charge in [0.15, 0.2) is 0 Å². The summed E-state index contributed by atoms with van der Waals surface area (Å²) in [5, 5.41) is 3.15. The van der Waals surface area contributed by atoms with Crippen molar-refractivity contribution in [1.29, 1.82) is 0 Å². The minimum atomic E-state index is -0.354. The Kier molecular flexibility index (Phi) is 8.83. The van der Waals surface area contributed by atoms with Crippen molar-refractivity contribution in [1.82, 2.24) is 10.2 Å². The van der Waals surface area contributed by atoms with E-state index in [9.17, 15) is 14.4 Å². The van der Waals surface area contributed by atoms with Crippen LogP contribution in [0, 0.1) is 0 Å². The summed E-state index contributed by atoms with van der Waals surface area (Å²) in [6.07, 6.45) is 3.38. The first kappa shape index (κ1) is 20.1. The molecule has 5 nitrogen and oxygen atoms in total. The fourth-order valence-corrected chi connectivity index (χ4v) is 1.94. The average molecular weight is 332 g/mol. The maximum atomic E-state index is 11.7. The fourth-order valence-electron chi connectivity index (χ4n) is 1.43. The highest BCUT2D eigenvalue weighted by molar-refractivity contribution is 7.99. The first-order chi connectivity index (χ1) is 9.76. The van der Waals surface area contributed by atoms with Gasteiger partial charge in [-0.3, -0.25) is 19.3 Å². The summed E-state index contributed by atoms with van der Waals surface area (Å²) >= 11 is 1.67. The van der Waals surface area contributed by atoms with Crippen LogP contribution in [-0.4, -0.2) is 46.7 Å². The Balaban J connectivity index is 0.00000191. The van der Waals surface area contributed by atoms with E-state index in [0.29, 0.717) is 11.9 Å². The van der Waals surface area contributed by atoms with Gasteiger partial charge >= 0.3 is 0 Å². The Morgan fingerprint density at radius 2 is 1.95 bits per heavy atom. The van der Waals surface area contributed by atoms with E-state index >= 15 is 0 Å². The Labute approximate surface area is 133 Å². The van der Waals surface area contributed by atoms with Crippen LogP contribution < -0.4 is 5.32 Å². The van der Waals surface area contributed by atoms with Gasteiger partial charge in [0, 0.05) is 35.6 Å². The number of carbonyl (C=O) groups excluding carboxylic acids is 3. The second-order valence-electron chi connectivity index (χ2n) is 4.89. The van der Waals surface area contributed by atoms with E-state index in [4.69, 9.17) is 0 Å². The lowest BCUT2D eigenvalue weighted by Gasteiger charge is -2.22. The molecule has 1 aliphatic heterocycles. The Bertz CT molecular complexity index is 436. The number of hydrogen-bond acceptors (Lipinski definition) is 4. The number of amides is 3. The first-order valence-corrected chi connectivity index (χ1v) is 8.72. The number of rotatable bonds is 6. The highest BCUT2D eigenvalue weighted by Crippen LogP contribution is 2.20. The van der Waals surface area contributed by atoms with E-state index in [2.05, 4.69) is 14.6 Å². The lowest BCUT2D eigenvalue weighted by Crippen LogP contribution is -2.39. The molecule has 0 aromatic heterocycles. The molecule has 7 heteroatoms. The van der Waals surface area contributed by atoms with Gasteiger partial charge in [-0.1, -0.05) is 23.1 Å². The Hall–Kier alpha value is -0.870. The van der Waals surface area contributed by atoms with Crippen molar-refractivity contribution >= 4 is 38.7 Å². The lowest BCUT2D eigenvalue weighted by molar-refractivity contribution is -0.137. The van der Waals surface area contributed by atoms with Crippen molar-refractivity contribution in [2.45, 2.75) is 38.9 Å². The molecule has 1 atom stereocenters. The SMILES string of the molecule is CC.CSC(C)(C)CNC(=O)CCN1C(=O)C=C(P)C1=O. The van der Waals surface area contributed by atoms with Crippen molar-refractivity contribution in [3.8, 4) is 0 Å². The molecule has 1 unspecified atom stereocenters. The van der Waals surface area contributed by atoms with Crippen LogP contribution >= 0.6 is 21.0 Å². The van der Waals surface area contributed by atoms with Crippen LogP contribution in [-0.2, 0) is 14.4 Å². The second-order valence-corrected chi connectivity index (χ2v) is 7.02. The van der Waals surface area contributed by atoms with Crippen LogP contribution in [0.4, 0.5) is 0 Å². The number of hydrogen-bond donors (Lipinski definition) is 1. The van der Waals surface area contributed by atoms with Gasteiger partial charge in [0.05, 0.1) is 0 Å². The summed E-state index contributed by atoms with van der Waals surface area (Å²) in [6.45, 7) is 8.76. The molecule has 1 aliphatic rings. The van der Waals surface area contributed by atoms with Crippen molar-refractivity contribution in [2.24, 2.45) is 0 Å². The van der Waals surface area contributed by atoms with Crippen molar-refractivity contribution in [2.75, 3.05) is 19.3 Å². The molecule has 0 bridgehead atoms. The van der Waals surface area contributed by atoms with Crippen molar-refractivity contribution in [3.63, 3.8) is 0 Å². The first-order valence-electron chi connectivity index (χ1n) is 6.91. The van der Waals surface area contributed by atoms with Gasteiger partial charge in [0.2, 0.25) is 5.91 Å². The molecular formula is C14H25N2O3PS. The standard InChI is InChI=1S/C12H19N2O3PS.C2H6/c1-12(2,19-3)7-13-9(15)4-5-14-10(16)6-8(18)11(14)17;1-2/h6H,4-5,7,18H2,1-3H3,(H,13,15);1-2H3. The van der Waals surface area contributed by atoms with Gasteiger partial charge in [0.25, 0.3) is 11.8 Å². The molecule has 0 spiro atoms. The predicted octanol–water partition coefficient (Wildman–Crippen LogP) is 1.79. The molecular weight excluding hydrogens is 307 g/mol. The smallest absolute Gasteiger partial charge is 0.260 e. The van der Waals surface area contributed by atoms with Crippen LogP contribution in [0.25, 0.3) is 0 Å². The average Bonchev–Trinajstić information content (AvgIpc) is 2.70. The van der Waals surface area contributed by atoms with Gasteiger partial charge in [-0.2, -0.15) is 11.8 Å². The Morgan fingerprint density at radius 1 is 1.38 bits per heavy atom. The van der Waals surface area contributed by atoms with Crippen LogP contribution in [0.2, 0.25) is 0 Å². The van der Waals surface area contributed by atoms with Gasteiger partial charge < -0.3 is 5.32 Å². The summed E-state index contributed by atoms with van der Waals surface area (Å²) in [6, 6.07) is 0. The number of nitrogens with one attached hydrogen (secondary N) is 1. The topological polar surface area (TPSA) is 66.5 Å². The quantitative estimate of drug-likeness (QED) is 0.595. The van der Waals surface area contributed by atoms with Crippen LogP contribution in [0.3, 0.4) is 0 Å². The summed E-state index contributed by atoms with van der Waals surface area (Å²) in [5.41, 5.74) is 0. The summed E-state index contributed by atoms with van der Waals surface area (Å²) in [5.74, 6) is -0.848. The third-order valence-corrected chi connectivity index (χ3v) is 4.53. The van der Waals surface area contributed by atoms with Crippen LogP contribution in [0.15, 0.2) is 11.4 Å². The molecule has 0 aromatic rings. The molecule has 0 aromatic carbocycles. The molecule has 1 rings (SSSR count). The summed E-state index contributed by atoms with van der Waals surface area (Å²) < 4.78 is -0.0241.